The molecule has 2 heterocycles. The van der Waals surface area contributed by atoms with E-state index in [9.17, 15) is 19.2 Å². The summed E-state index contributed by atoms with van der Waals surface area (Å²) in [6.45, 7) is 9.40. The third-order valence-corrected chi connectivity index (χ3v) is 5.30. The molecule has 0 spiro atoms. The van der Waals surface area contributed by atoms with Crippen molar-refractivity contribution >= 4 is 23.3 Å². The molecule has 1 fully saturated rings. The van der Waals surface area contributed by atoms with Gasteiger partial charge in [0.25, 0.3) is 5.56 Å². The minimum absolute atomic E-state index is 0.00376. The van der Waals surface area contributed by atoms with Crippen molar-refractivity contribution in [3.8, 4) is 0 Å². The summed E-state index contributed by atoms with van der Waals surface area (Å²) < 4.78 is 1.29. The van der Waals surface area contributed by atoms with E-state index in [1.54, 1.807) is 0 Å². The van der Waals surface area contributed by atoms with Gasteiger partial charge in [0, 0.05) is 26.2 Å². The summed E-state index contributed by atoms with van der Waals surface area (Å²) >= 11 is 0. The number of nitrogens with one attached hydrogen (secondary N) is 2. The second kappa shape index (κ2) is 10.4. The molecule has 0 aromatic carbocycles. The van der Waals surface area contributed by atoms with E-state index < -0.39 is 17.3 Å². The minimum atomic E-state index is -0.675. The second-order valence-corrected chi connectivity index (χ2v) is 7.99. The molecular weight excluding hydrogens is 388 g/mol. The number of nitrogens with two attached hydrogens (primary N) is 1. The van der Waals surface area contributed by atoms with Crippen molar-refractivity contribution in [2.75, 3.05) is 36.8 Å². The molecule has 2 rings (SSSR count). The van der Waals surface area contributed by atoms with E-state index in [1.807, 2.05) is 32.6 Å². The zero-order valence-corrected chi connectivity index (χ0v) is 18.4. The summed E-state index contributed by atoms with van der Waals surface area (Å²) in [4.78, 5) is 55.9. The molecule has 0 radical (unpaired) electrons. The van der Waals surface area contributed by atoms with Crippen LogP contribution in [0.3, 0.4) is 0 Å². The van der Waals surface area contributed by atoms with Gasteiger partial charge in [0.2, 0.25) is 11.8 Å². The molecule has 1 aromatic rings. The smallest absolute Gasteiger partial charge is 0.330 e. The number of unbranched alkanes of at least 4 members (excludes halogenated alkanes) is 1. The number of amides is 2. The van der Waals surface area contributed by atoms with Gasteiger partial charge in [-0.3, -0.25) is 28.8 Å². The fraction of sp³-hybridized carbons (Fsp3) is 0.700. The Morgan fingerprint density at radius 3 is 2.53 bits per heavy atom. The van der Waals surface area contributed by atoms with Crippen LogP contribution in [-0.2, 0) is 16.1 Å². The van der Waals surface area contributed by atoms with Crippen LogP contribution in [0.15, 0.2) is 9.59 Å². The molecule has 0 aliphatic carbocycles. The number of carbonyl (C=O) groups excluding carboxylic acids is 2. The van der Waals surface area contributed by atoms with E-state index in [-0.39, 0.29) is 35.8 Å². The van der Waals surface area contributed by atoms with Crippen molar-refractivity contribution in [3.05, 3.63) is 20.8 Å². The summed E-state index contributed by atoms with van der Waals surface area (Å²) in [5.41, 5.74) is 4.93. The third-order valence-electron chi connectivity index (χ3n) is 5.30. The number of nitrogen functional groups attached to an aromatic ring is 1. The van der Waals surface area contributed by atoms with E-state index in [2.05, 4.69) is 10.3 Å². The van der Waals surface area contributed by atoms with Crippen LogP contribution in [-0.4, -0.2) is 58.5 Å². The fourth-order valence-electron chi connectivity index (χ4n) is 3.85. The SMILES string of the molecule is CCCCN(C(=O)CN1CCNC(=O)C1C(C)C)c1c(N)n(CCC)c(=O)[nH]c1=O. The Morgan fingerprint density at radius 1 is 1.23 bits per heavy atom. The molecule has 1 saturated heterocycles. The van der Waals surface area contributed by atoms with Crippen LogP contribution < -0.4 is 27.2 Å². The van der Waals surface area contributed by atoms with E-state index in [0.29, 0.717) is 39.0 Å². The van der Waals surface area contributed by atoms with Crippen molar-refractivity contribution in [2.24, 2.45) is 5.92 Å². The van der Waals surface area contributed by atoms with E-state index in [1.165, 1.54) is 9.47 Å². The van der Waals surface area contributed by atoms with Gasteiger partial charge in [-0.1, -0.05) is 34.1 Å². The Hall–Kier alpha value is -2.62. The normalized spacial score (nSPS) is 17.2. The lowest BCUT2D eigenvalue weighted by Gasteiger charge is -2.37. The lowest BCUT2D eigenvalue weighted by atomic mass is 9.99. The van der Waals surface area contributed by atoms with Gasteiger partial charge in [0.15, 0.2) is 5.69 Å². The average molecular weight is 423 g/mol. The number of piperazine rings is 1. The molecule has 30 heavy (non-hydrogen) atoms. The Morgan fingerprint density at radius 2 is 1.93 bits per heavy atom. The van der Waals surface area contributed by atoms with E-state index in [4.69, 9.17) is 5.73 Å². The van der Waals surface area contributed by atoms with Gasteiger partial charge in [-0.25, -0.2) is 4.79 Å². The quantitative estimate of drug-likeness (QED) is 0.518. The highest BCUT2D eigenvalue weighted by molar-refractivity contribution is 5.97. The lowest BCUT2D eigenvalue weighted by molar-refractivity contribution is -0.132. The number of nitrogens with zero attached hydrogens (tertiary/aromatic N) is 3. The van der Waals surface area contributed by atoms with Crippen molar-refractivity contribution in [1.29, 1.82) is 0 Å². The number of hydrogen-bond donors (Lipinski definition) is 3. The van der Waals surface area contributed by atoms with Gasteiger partial charge in [-0.2, -0.15) is 0 Å². The molecular formula is C20H34N6O4. The number of aromatic nitrogens is 2. The zero-order chi connectivity index (χ0) is 22.4. The van der Waals surface area contributed by atoms with Crippen molar-refractivity contribution in [3.63, 3.8) is 0 Å². The van der Waals surface area contributed by atoms with Gasteiger partial charge in [-0.15, -0.1) is 0 Å². The zero-order valence-electron chi connectivity index (χ0n) is 18.4. The Kier molecular flexibility index (Phi) is 8.22. The van der Waals surface area contributed by atoms with Crippen LogP contribution >= 0.6 is 0 Å². The fourth-order valence-corrected chi connectivity index (χ4v) is 3.85. The lowest BCUT2D eigenvalue weighted by Crippen LogP contribution is -2.59. The molecule has 1 atom stereocenters. The monoisotopic (exact) mass is 422 g/mol. The van der Waals surface area contributed by atoms with Gasteiger partial charge in [0.1, 0.15) is 5.82 Å². The number of carbonyl (C=O) groups is 2. The summed E-state index contributed by atoms with van der Waals surface area (Å²) in [5, 5.41) is 2.84. The summed E-state index contributed by atoms with van der Waals surface area (Å²) in [6.07, 6.45) is 2.14. The predicted molar refractivity (Wildman–Crippen MR) is 116 cm³/mol. The van der Waals surface area contributed by atoms with Crippen molar-refractivity contribution < 1.29 is 9.59 Å². The highest BCUT2D eigenvalue weighted by atomic mass is 16.2. The molecule has 10 nitrogen and oxygen atoms in total. The molecule has 10 heteroatoms. The number of aromatic amines is 1. The second-order valence-electron chi connectivity index (χ2n) is 7.99. The summed E-state index contributed by atoms with van der Waals surface area (Å²) in [7, 11) is 0. The van der Waals surface area contributed by atoms with Crippen LogP contribution in [0.1, 0.15) is 47.0 Å². The molecule has 1 unspecified atom stereocenters. The highest BCUT2D eigenvalue weighted by Crippen LogP contribution is 2.20. The van der Waals surface area contributed by atoms with Gasteiger partial charge >= 0.3 is 5.69 Å². The van der Waals surface area contributed by atoms with Crippen molar-refractivity contribution in [2.45, 2.75) is 59.5 Å². The first-order chi connectivity index (χ1) is 14.2. The molecule has 1 aliphatic heterocycles. The van der Waals surface area contributed by atoms with E-state index >= 15 is 0 Å². The molecule has 4 N–H and O–H groups in total. The van der Waals surface area contributed by atoms with Crippen LogP contribution in [0, 0.1) is 5.92 Å². The Balaban J connectivity index is 2.42. The maximum Gasteiger partial charge on any atom is 0.330 e. The molecule has 168 valence electrons. The highest BCUT2D eigenvalue weighted by Gasteiger charge is 2.35. The van der Waals surface area contributed by atoms with Gasteiger partial charge < -0.3 is 16.0 Å². The van der Waals surface area contributed by atoms with Crippen LogP contribution in [0.25, 0.3) is 0 Å². The molecule has 1 aromatic heterocycles. The van der Waals surface area contributed by atoms with Crippen molar-refractivity contribution in [1.82, 2.24) is 19.8 Å². The van der Waals surface area contributed by atoms with E-state index in [0.717, 1.165) is 6.42 Å². The topological polar surface area (TPSA) is 134 Å². The maximum atomic E-state index is 13.3. The first-order valence-corrected chi connectivity index (χ1v) is 10.7. The maximum absolute atomic E-state index is 13.3. The average Bonchev–Trinajstić information content (AvgIpc) is 2.67. The third kappa shape index (κ3) is 5.10. The Labute approximate surface area is 176 Å². The first kappa shape index (κ1) is 23.7. The first-order valence-electron chi connectivity index (χ1n) is 10.7. The molecule has 1 aliphatic rings. The number of anilines is 2. The Bertz CT molecular complexity index is 875. The number of H-pyrrole nitrogens is 1. The minimum Gasteiger partial charge on any atom is -0.383 e. The molecule has 2 amide bonds. The van der Waals surface area contributed by atoms with Crippen LogP contribution in [0.4, 0.5) is 11.5 Å². The predicted octanol–water partition coefficient (Wildman–Crippen LogP) is 0.118. The van der Waals surface area contributed by atoms with Gasteiger partial charge in [-0.05, 0) is 18.8 Å². The summed E-state index contributed by atoms with van der Waals surface area (Å²) in [6, 6.07) is -0.416. The summed E-state index contributed by atoms with van der Waals surface area (Å²) in [5.74, 6) is -0.394. The molecule has 0 saturated carbocycles. The standard InChI is InChI=1S/C20H34N6O4/c1-5-7-10-25(16-17(21)26(9-6-2)20(30)23-19(16)29)14(27)12-24-11-8-22-18(28)15(24)13(3)4/h13,15H,5-12,21H2,1-4H3,(H,22,28)(H,23,29,30). The largest absolute Gasteiger partial charge is 0.383 e. The number of hydrogen-bond acceptors (Lipinski definition) is 6. The van der Waals surface area contributed by atoms with Gasteiger partial charge in [0.05, 0.1) is 12.6 Å². The molecule has 0 bridgehead atoms. The van der Waals surface area contributed by atoms with Crippen LogP contribution in [0.5, 0.6) is 0 Å². The van der Waals surface area contributed by atoms with Crippen LogP contribution in [0.2, 0.25) is 0 Å². The number of rotatable bonds is 9.